The molecule has 8 heteroatoms. The quantitative estimate of drug-likeness (QED) is 0.737. The van der Waals surface area contributed by atoms with Crippen molar-refractivity contribution in [3.8, 4) is 0 Å². The topological polar surface area (TPSA) is 57.9 Å². The van der Waals surface area contributed by atoms with E-state index >= 15 is 0 Å². The summed E-state index contributed by atoms with van der Waals surface area (Å²) in [7, 11) is 0. The highest BCUT2D eigenvalue weighted by Crippen LogP contribution is 2.38. The molecule has 3 rings (SSSR count). The SMILES string of the molecule is [C-]#[N+]c1ccc(NC(=O)C2(C)CC(C3CCCCC3)=NN2)cc1C(F)(F)F. The van der Waals surface area contributed by atoms with Crippen LogP contribution in [0.2, 0.25) is 0 Å². The molecule has 1 aliphatic carbocycles. The maximum Gasteiger partial charge on any atom is 0.407 e. The van der Waals surface area contributed by atoms with Crippen LogP contribution in [-0.2, 0) is 11.0 Å². The fourth-order valence-electron chi connectivity index (χ4n) is 3.65. The number of carbonyl (C=O) groups excluding carboxylic acids is 1. The highest BCUT2D eigenvalue weighted by molar-refractivity contribution is 6.03. The predicted molar refractivity (Wildman–Crippen MR) is 96.5 cm³/mol. The van der Waals surface area contributed by atoms with Crippen molar-refractivity contribution in [3.63, 3.8) is 0 Å². The van der Waals surface area contributed by atoms with Crippen molar-refractivity contribution in [1.82, 2.24) is 5.43 Å². The molecule has 1 aromatic carbocycles. The molecule has 0 spiro atoms. The van der Waals surface area contributed by atoms with Crippen molar-refractivity contribution >= 4 is 23.0 Å². The maximum absolute atomic E-state index is 13.1. The molecule has 5 nitrogen and oxygen atoms in total. The molecule has 0 bridgehead atoms. The van der Waals surface area contributed by atoms with Crippen LogP contribution < -0.4 is 10.7 Å². The van der Waals surface area contributed by atoms with Gasteiger partial charge < -0.3 is 5.32 Å². The van der Waals surface area contributed by atoms with Crippen molar-refractivity contribution < 1.29 is 18.0 Å². The summed E-state index contributed by atoms with van der Waals surface area (Å²) in [4.78, 5) is 15.6. The first kappa shape index (κ1) is 19.2. The molecule has 0 saturated heterocycles. The molecule has 27 heavy (non-hydrogen) atoms. The van der Waals surface area contributed by atoms with Gasteiger partial charge in [0, 0.05) is 17.8 Å². The average Bonchev–Trinajstić information content (AvgIpc) is 3.05. The van der Waals surface area contributed by atoms with Gasteiger partial charge in [0.25, 0.3) is 5.91 Å². The third-order valence-electron chi connectivity index (χ3n) is 5.24. The van der Waals surface area contributed by atoms with Crippen LogP contribution in [0.25, 0.3) is 4.85 Å². The van der Waals surface area contributed by atoms with Crippen LogP contribution in [-0.4, -0.2) is 17.2 Å². The zero-order valence-corrected chi connectivity index (χ0v) is 15.0. The summed E-state index contributed by atoms with van der Waals surface area (Å²) in [5, 5.41) is 6.88. The first-order valence-electron chi connectivity index (χ1n) is 8.97. The largest absolute Gasteiger partial charge is 0.407 e. The van der Waals surface area contributed by atoms with Gasteiger partial charge in [-0.05, 0) is 37.8 Å². The zero-order chi connectivity index (χ0) is 19.7. The number of nitrogens with zero attached hydrogens (tertiary/aromatic N) is 2. The summed E-state index contributed by atoms with van der Waals surface area (Å²) >= 11 is 0. The summed E-state index contributed by atoms with van der Waals surface area (Å²) in [6, 6.07) is 3.17. The number of anilines is 1. The van der Waals surface area contributed by atoms with E-state index in [1.807, 2.05) is 0 Å². The van der Waals surface area contributed by atoms with E-state index in [-0.39, 0.29) is 5.69 Å². The van der Waals surface area contributed by atoms with Crippen LogP contribution in [0.15, 0.2) is 23.3 Å². The number of halogens is 3. The molecule has 1 saturated carbocycles. The minimum Gasteiger partial charge on any atom is -0.324 e. The van der Waals surface area contributed by atoms with Crippen molar-refractivity contribution in [2.24, 2.45) is 11.0 Å². The summed E-state index contributed by atoms with van der Waals surface area (Å²) in [5.74, 6) is -0.0728. The smallest absolute Gasteiger partial charge is 0.324 e. The van der Waals surface area contributed by atoms with Gasteiger partial charge in [-0.15, -0.1) is 0 Å². The minimum atomic E-state index is -4.66. The summed E-state index contributed by atoms with van der Waals surface area (Å²) in [5.41, 5.74) is 1.30. The standard InChI is InChI=1S/C19H21F3N4O/c1-18(11-16(25-26-18)12-6-4-3-5-7-12)17(27)24-13-8-9-15(23-2)14(10-13)19(20,21)22/h8-10,12,26H,3-7,11H2,1H3,(H,24,27). The van der Waals surface area contributed by atoms with Crippen LogP contribution in [0.3, 0.4) is 0 Å². The lowest BCUT2D eigenvalue weighted by Gasteiger charge is -2.25. The average molecular weight is 378 g/mol. The molecule has 0 radical (unpaired) electrons. The number of carbonyl (C=O) groups is 1. The normalized spacial score (nSPS) is 23.3. The second-order valence-corrected chi connectivity index (χ2v) is 7.35. The third-order valence-corrected chi connectivity index (χ3v) is 5.24. The van der Waals surface area contributed by atoms with Crippen LogP contribution in [0.1, 0.15) is 51.0 Å². The fraction of sp³-hybridized carbons (Fsp3) is 0.526. The number of amides is 1. The number of hydrazone groups is 1. The summed E-state index contributed by atoms with van der Waals surface area (Å²) < 4.78 is 39.3. The second-order valence-electron chi connectivity index (χ2n) is 7.35. The van der Waals surface area contributed by atoms with Gasteiger partial charge in [0.15, 0.2) is 5.69 Å². The number of hydrogen-bond acceptors (Lipinski definition) is 3. The van der Waals surface area contributed by atoms with Crippen molar-refractivity contribution in [3.05, 3.63) is 35.2 Å². The molecule has 0 aromatic heterocycles. The van der Waals surface area contributed by atoms with Gasteiger partial charge >= 0.3 is 6.18 Å². The van der Waals surface area contributed by atoms with Crippen LogP contribution in [0, 0.1) is 12.5 Å². The zero-order valence-electron chi connectivity index (χ0n) is 15.0. The summed E-state index contributed by atoms with van der Waals surface area (Å²) in [6.45, 7) is 8.57. The van der Waals surface area contributed by atoms with E-state index in [1.165, 1.54) is 12.5 Å². The van der Waals surface area contributed by atoms with E-state index in [2.05, 4.69) is 20.7 Å². The molecule has 1 unspecified atom stereocenters. The molecule has 1 fully saturated rings. The monoisotopic (exact) mass is 378 g/mol. The Kier molecular flexibility index (Phi) is 5.13. The Morgan fingerprint density at radius 3 is 2.67 bits per heavy atom. The Bertz CT molecular complexity index is 806. The van der Waals surface area contributed by atoms with Crippen LogP contribution in [0.4, 0.5) is 24.5 Å². The lowest BCUT2D eigenvalue weighted by molar-refractivity contribution is -0.136. The lowest BCUT2D eigenvalue weighted by Crippen LogP contribution is -2.48. The fourth-order valence-corrected chi connectivity index (χ4v) is 3.65. The van der Waals surface area contributed by atoms with Crippen LogP contribution in [0.5, 0.6) is 0 Å². The molecular weight excluding hydrogens is 357 g/mol. The minimum absolute atomic E-state index is 0.00821. The van der Waals surface area contributed by atoms with Gasteiger partial charge in [0.1, 0.15) is 5.54 Å². The number of benzene rings is 1. The Morgan fingerprint density at radius 2 is 2.04 bits per heavy atom. The molecule has 2 aliphatic rings. The highest BCUT2D eigenvalue weighted by Gasteiger charge is 2.41. The maximum atomic E-state index is 13.1. The number of rotatable bonds is 3. The van der Waals surface area contributed by atoms with Gasteiger partial charge in [-0.1, -0.05) is 25.3 Å². The Labute approximate surface area is 155 Å². The van der Waals surface area contributed by atoms with Gasteiger partial charge in [-0.2, -0.15) is 18.3 Å². The first-order valence-corrected chi connectivity index (χ1v) is 8.97. The molecule has 2 N–H and O–H groups in total. The molecule has 1 heterocycles. The Balaban J connectivity index is 1.71. The van der Waals surface area contributed by atoms with E-state index in [0.29, 0.717) is 12.3 Å². The van der Waals surface area contributed by atoms with Gasteiger partial charge in [0.2, 0.25) is 0 Å². The van der Waals surface area contributed by atoms with E-state index in [9.17, 15) is 18.0 Å². The summed E-state index contributed by atoms with van der Waals surface area (Å²) in [6.07, 6.45) is 1.43. The van der Waals surface area contributed by atoms with E-state index in [0.717, 1.165) is 43.5 Å². The molecule has 1 aromatic rings. The first-order chi connectivity index (χ1) is 12.7. The van der Waals surface area contributed by atoms with Gasteiger partial charge in [-0.3, -0.25) is 10.2 Å². The van der Waals surface area contributed by atoms with Crippen molar-refractivity contribution in [2.45, 2.75) is 57.2 Å². The van der Waals surface area contributed by atoms with Crippen molar-refractivity contribution in [2.75, 3.05) is 5.32 Å². The molecule has 1 atom stereocenters. The second kappa shape index (κ2) is 7.22. The van der Waals surface area contributed by atoms with E-state index in [4.69, 9.17) is 6.57 Å². The molecule has 144 valence electrons. The van der Waals surface area contributed by atoms with E-state index in [1.54, 1.807) is 6.92 Å². The number of alkyl halides is 3. The molecule has 1 aliphatic heterocycles. The highest BCUT2D eigenvalue weighted by atomic mass is 19.4. The molecule has 1 amide bonds. The third kappa shape index (κ3) is 4.07. The number of nitrogens with one attached hydrogen (secondary N) is 2. The predicted octanol–water partition coefficient (Wildman–Crippen LogP) is 4.88. The van der Waals surface area contributed by atoms with Crippen LogP contribution >= 0.6 is 0 Å². The van der Waals surface area contributed by atoms with Crippen molar-refractivity contribution in [1.29, 1.82) is 0 Å². The lowest BCUT2D eigenvalue weighted by atomic mass is 9.81. The molecular formula is C19H21F3N4O. The Morgan fingerprint density at radius 1 is 1.33 bits per heavy atom. The Hall–Kier alpha value is -2.56. The van der Waals surface area contributed by atoms with Gasteiger partial charge in [-0.25, -0.2) is 4.85 Å². The van der Waals surface area contributed by atoms with E-state index < -0.39 is 28.9 Å². The number of hydrogen-bond donors (Lipinski definition) is 2. The van der Waals surface area contributed by atoms with Gasteiger partial charge in [0.05, 0.1) is 12.1 Å².